The van der Waals surface area contributed by atoms with Crippen LogP contribution in [0.2, 0.25) is 0 Å². The highest BCUT2D eigenvalue weighted by Gasteiger charge is 2.07. The van der Waals surface area contributed by atoms with Gasteiger partial charge in [-0.25, -0.2) is 4.39 Å². The summed E-state index contributed by atoms with van der Waals surface area (Å²) in [5.41, 5.74) is 11.8. The van der Waals surface area contributed by atoms with Crippen molar-refractivity contribution in [1.82, 2.24) is 0 Å². The van der Waals surface area contributed by atoms with Crippen molar-refractivity contribution < 1.29 is 9.13 Å². The van der Waals surface area contributed by atoms with Crippen molar-refractivity contribution in [1.29, 1.82) is 0 Å². The van der Waals surface area contributed by atoms with Gasteiger partial charge < -0.3 is 16.2 Å². The highest BCUT2D eigenvalue weighted by Crippen LogP contribution is 2.20. The van der Waals surface area contributed by atoms with E-state index in [1.165, 1.54) is 13.2 Å². The average Bonchev–Trinajstić information content (AvgIpc) is 2.17. The summed E-state index contributed by atoms with van der Waals surface area (Å²) in [6.07, 6.45) is 0. The average molecular weight is 221 g/mol. The van der Waals surface area contributed by atoms with Gasteiger partial charge in [0.15, 0.2) is 11.6 Å². The van der Waals surface area contributed by atoms with Gasteiger partial charge in [0.25, 0.3) is 0 Å². The first-order valence-electron chi connectivity index (χ1n) is 3.98. The number of benzene rings is 1. The zero-order valence-corrected chi connectivity index (χ0v) is 8.68. The molecule has 0 unspecified atom stereocenters. The van der Waals surface area contributed by atoms with E-state index in [1.807, 2.05) is 0 Å². The highest BCUT2D eigenvalue weighted by molar-refractivity contribution is 5.85. The zero-order valence-electron chi connectivity index (χ0n) is 7.87. The van der Waals surface area contributed by atoms with Crippen molar-refractivity contribution >= 4 is 12.4 Å². The van der Waals surface area contributed by atoms with Crippen LogP contribution >= 0.6 is 12.4 Å². The van der Waals surface area contributed by atoms with Crippen LogP contribution in [-0.4, -0.2) is 13.7 Å². The number of hydrogen-bond donors (Lipinski definition) is 2. The molecule has 0 aliphatic carbocycles. The maximum Gasteiger partial charge on any atom is 0.165 e. The van der Waals surface area contributed by atoms with Crippen LogP contribution in [0.4, 0.5) is 4.39 Å². The summed E-state index contributed by atoms with van der Waals surface area (Å²) in [6.45, 7) is 0.328. The van der Waals surface area contributed by atoms with Crippen LogP contribution in [0.1, 0.15) is 11.6 Å². The fraction of sp³-hybridized carbons (Fsp3) is 0.333. The smallest absolute Gasteiger partial charge is 0.165 e. The summed E-state index contributed by atoms with van der Waals surface area (Å²) in [7, 11) is 1.41. The van der Waals surface area contributed by atoms with Crippen molar-refractivity contribution in [3.63, 3.8) is 0 Å². The zero-order chi connectivity index (χ0) is 9.84. The molecule has 0 aliphatic rings. The minimum absolute atomic E-state index is 0. The molecule has 0 amide bonds. The van der Waals surface area contributed by atoms with Crippen molar-refractivity contribution in [2.24, 2.45) is 11.5 Å². The van der Waals surface area contributed by atoms with E-state index in [4.69, 9.17) is 16.2 Å². The molecule has 0 radical (unpaired) electrons. The fourth-order valence-corrected chi connectivity index (χ4v) is 1.04. The largest absolute Gasteiger partial charge is 0.494 e. The second kappa shape index (κ2) is 5.80. The van der Waals surface area contributed by atoms with Gasteiger partial charge in [0.1, 0.15) is 0 Å². The van der Waals surface area contributed by atoms with Crippen molar-refractivity contribution in [2.75, 3.05) is 13.7 Å². The molecule has 5 heteroatoms. The fourth-order valence-electron chi connectivity index (χ4n) is 1.04. The Morgan fingerprint density at radius 1 is 1.50 bits per heavy atom. The third-order valence-corrected chi connectivity index (χ3v) is 1.86. The minimum Gasteiger partial charge on any atom is -0.494 e. The molecule has 0 saturated heterocycles. The molecule has 0 spiro atoms. The lowest BCUT2D eigenvalue weighted by Crippen LogP contribution is -2.20. The van der Waals surface area contributed by atoms with E-state index in [2.05, 4.69) is 0 Å². The van der Waals surface area contributed by atoms with E-state index in [9.17, 15) is 4.39 Å². The first-order chi connectivity index (χ1) is 6.19. The minimum atomic E-state index is -0.393. The monoisotopic (exact) mass is 220 g/mol. The molecule has 0 saturated carbocycles. The molecule has 0 heterocycles. The third-order valence-electron chi connectivity index (χ3n) is 1.86. The van der Waals surface area contributed by atoms with Crippen LogP contribution in [0.25, 0.3) is 0 Å². The summed E-state index contributed by atoms with van der Waals surface area (Å²) in [6, 6.07) is 4.22. The predicted octanol–water partition coefficient (Wildman–Crippen LogP) is 1.21. The van der Waals surface area contributed by atoms with Gasteiger partial charge in [0.05, 0.1) is 7.11 Å². The second-order valence-electron chi connectivity index (χ2n) is 2.74. The standard InChI is InChI=1S/C9H13FN2O.ClH/c1-13-9-4-6(8(12)5-11)2-3-7(9)10;/h2-4,8H,5,11-12H2,1H3;1H/t8-;/m1./s1. The Hall–Kier alpha value is -0.840. The van der Waals surface area contributed by atoms with E-state index in [0.29, 0.717) is 6.54 Å². The first-order valence-corrected chi connectivity index (χ1v) is 3.98. The van der Waals surface area contributed by atoms with E-state index in [1.54, 1.807) is 12.1 Å². The lowest BCUT2D eigenvalue weighted by atomic mass is 10.1. The molecular formula is C9H14ClFN2O. The summed E-state index contributed by atoms with van der Waals surface area (Å²) in [4.78, 5) is 0. The van der Waals surface area contributed by atoms with Crippen LogP contribution < -0.4 is 16.2 Å². The molecule has 80 valence electrons. The van der Waals surface area contributed by atoms with Crippen LogP contribution in [0.15, 0.2) is 18.2 Å². The molecule has 1 atom stereocenters. The van der Waals surface area contributed by atoms with E-state index in [-0.39, 0.29) is 24.2 Å². The van der Waals surface area contributed by atoms with Crippen LogP contribution in [-0.2, 0) is 0 Å². The molecular weight excluding hydrogens is 207 g/mol. The van der Waals surface area contributed by atoms with E-state index >= 15 is 0 Å². The van der Waals surface area contributed by atoms with Gasteiger partial charge in [-0.1, -0.05) is 6.07 Å². The predicted molar refractivity (Wildman–Crippen MR) is 56.2 cm³/mol. The maximum atomic E-state index is 12.9. The number of halogens is 2. The van der Waals surface area contributed by atoms with E-state index in [0.717, 1.165) is 5.56 Å². The Morgan fingerprint density at radius 3 is 2.64 bits per heavy atom. The Balaban J connectivity index is 0.00000169. The lowest BCUT2D eigenvalue weighted by molar-refractivity contribution is 0.385. The van der Waals surface area contributed by atoms with Crippen molar-refractivity contribution in [2.45, 2.75) is 6.04 Å². The Kier molecular flexibility index (Phi) is 5.45. The molecule has 1 aromatic carbocycles. The molecule has 4 N–H and O–H groups in total. The van der Waals surface area contributed by atoms with Gasteiger partial charge in [-0.2, -0.15) is 0 Å². The summed E-state index contributed by atoms with van der Waals surface area (Å²) < 4.78 is 17.7. The molecule has 0 bridgehead atoms. The summed E-state index contributed by atoms with van der Waals surface area (Å²) in [5.74, 6) is -0.197. The van der Waals surface area contributed by atoms with Gasteiger partial charge in [-0.3, -0.25) is 0 Å². The summed E-state index contributed by atoms with van der Waals surface area (Å²) >= 11 is 0. The van der Waals surface area contributed by atoms with Crippen LogP contribution in [0.5, 0.6) is 5.75 Å². The van der Waals surface area contributed by atoms with Gasteiger partial charge in [0.2, 0.25) is 0 Å². The molecule has 0 fully saturated rings. The van der Waals surface area contributed by atoms with Crippen LogP contribution in [0.3, 0.4) is 0 Å². The number of ether oxygens (including phenoxy) is 1. The molecule has 1 rings (SSSR count). The van der Waals surface area contributed by atoms with Gasteiger partial charge in [0, 0.05) is 12.6 Å². The van der Waals surface area contributed by atoms with Gasteiger partial charge >= 0.3 is 0 Å². The first kappa shape index (κ1) is 13.2. The number of nitrogens with two attached hydrogens (primary N) is 2. The summed E-state index contributed by atoms with van der Waals surface area (Å²) in [5, 5.41) is 0. The maximum absolute atomic E-state index is 12.9. The van der Waals surface area contributed by atoms with Gasteiger partial charge in [-0.05, 0) is 17.7 Å². The number of rotatable bonds is 3. The van der Waals surface area contributed by atoms with Gasteiger partial charge in [-0.15, -0.1) is 12.4 Å². The lowest BCUT2D eigenvalue weighted by Gasteiger charge is -2.10. The molecule has 0 aliphatic heterocycles. The normalized spacial score (nSPS) is 11.7. The number of hydrogen-bond acceptors (Lipinski definition) is 3. The molecule has 0 aromatic heterocycles. The second-order valence-corrected chi connectivity index (χ2v) is 2.74. The quantitative estimate of drug-likeness (QED) is 0.805. The Labute approximate surface area is 88.6 Å². The topological polar surface area (TPSA) is 61.3 Å². The Morgan fingerprint density at radius 2 is 2.14 bits per heavy atom. The van der Waals surface area contributed by atoms with Crippen molar-refractivity contribution in [3.8, 4) is 5.75 Å². The van der Waals surface area contributed by atoms with E-state index < -0.39 is 5.82 Å². The molecule has 3 nitrogen and oxygen atoms in total. The third kappa shape index (κ3) is 2.83. The number of methoxy groups -OCH3 is 1. The highest BCUT2D eigenvalue weighted by atomic mass is 35.5. The SMILES string of the molecule is COc1cc([C@H](N)CN)ccc1F.Cl. The van der Waals surface area contributed by atoms with Crippen molar-refractivity contribution in [3.05, 3.63) is 29.6 Å². The molecule has 14 heavy (non-hydrogen) atoms. The van der Waals surface area contributed by atoms with Crippen LogP contribution in [0, 0.1) is 5.82 Å². The Bertz CT molecular complexity index is 296. The molecule has 1 aromatic rings.